The minimum Gasteiger partial charge on any atom is -0.307 e. The van der Waals surface area contributed by atoms with Gasteiger partial charge in [0.05, 0.1) is 18.8 Å². The molecule has 0 atom stereocenters. The number of tetrazole rings is 1. The summed E-state index contributed by atoms with van der Waals surface area (Å²) in [4.78, 5) is 16.2. The Morgan fingerprint density at radius 2 is 1.77 bits per heavy atom. The number of thiophene rings is 1. The molecule has 0 saturated heterocycles. The number of carbonyl (C=O) groups is 1. The van der Waals surface area contributed by atoms with Crippen LogP contribution < -0.4 is 4.90 Å². The van der Waals surface area contributed by atoms with Crippen LogP contribution in [-0.4, -0.2) is 31.9 Å². The summed E-state index contributed by atoms with van der Waals surface area (Å²) in [5.41, 5.74) is 1.96. The Labute approximate surface area is 183 Å². The van der Waals surface area contributed by atoms with E-state index >= 15 is 0 Å². The summed E-state index contributed by atoms with van der Waals surface area (Å²) >= 11 is 3.09. The lowest BCUT2D eigenvalue weighted by molar-refractivity contribution is -0.116. The summed E-state index contributed by atoms with van der Waals surface area (Å²) in [5.74, 6) is 0.282. The molecule has 0 aliphatic carbocycles. The van der Waals surface area contributed by atoms with Crippen molar-refractivity contribution in [3.63, 3.8) is 0 Å². The van der Waals surface area contributed by atoms with Crippen LogP contribution in [0.4, 0.5) is 5.69 Å². The van der Waals surface area contributed by atoms with Gasteiger partial charge in [-0.1, -0.05) is 66.4 Å². The third-order valence-corrected chi connectivity index (χ3v) is 6.40. The molecule has 0 aliphatic heterocycles. The molecule has 0 bridgehead atoms. The molecule has 2 aromatic heterocycles. The topological polar surface area (TPSA) is 63.9 Å². The Balaban J connectivity index is 1.42. The van der Waals surface area contributed by atoms with E-state index in [1.54, 1.807) is 16.0 Å². The van der Waals surface area contributed by atoms with Gasteiger partial charge in [0.1, 0.15) is 0 Å². The summed E-state index contributed by atoms with van der Waals surface area (Å²) in [6, 6.07) is 23.9. The van der Waals surface area contributed by atoms with E-state index in [9.17, 15) is 4.79 Å². The molecular weight excluding hydrogens is 414 g/mol. The molecule has 6 nitrogen and oxygen atoms in total. The number of aromatic nitrogens is 4. The third-order valence-electron chi connectivity index (χ3n) is 4.53. The first-order valence-corrected chi connectivity index (χ1v) is 11.5. The van der Waals surface area contributed by atoms with Gasteiger partial charge < -0.3 is 4.90 Å². The number of nitrogens with zero attached hydrogens (tertiary/aromatic N) is 5. The lowest BCUT2D eigenvalue weighted by Gasteiger charge is -2.23. The fourth-order valence-corrected chi connectivity index (χ4v) is 4.49. The van der Waals surface area contributed by atoms with E-state index in [1.165, 1.54) is 16.6 Å². The van der Waals surface area contributed by atoms with E-state index in [0.29, 0.717) is 18.2 Å². The normalized spacial score (nSPS) is 10.8. The van der Waals surface area contributed by atoms with E-state index in [2.05, 4.69) is 27.0 Å². The van der Waals surface area contributed by atoms with E-state index in [4.69, 9.17) is 0 Å². The maximum Gasteiger partial charge on any atom is 0.237 e. The highest BCUT2D eigenvalue weighted by atomic mass is 32.2. The number of carbonyl (C=O) groups excluding carboxylic acids is 1. The average Bonchev–Trinajstić information content (AvgIpc) is 3.47. The predicted octanol–water partition coefficient (Wildman–Crippen LogP) is 4.30. The van der Waals surface area contributed by atoms with E-state index in [1.807, 2.05) is 71.6 Å². The van der Waals surface area contributed by atoms with Crippen molar-refractivity contribution < 1.29 is 4.79 Å². The number of benzene rings is 2. The zero-order valence-electron chi connectivity index (χ0n) is 16.3. The van der Waals surface area contributed by atoms with Crippen molar-refractivity contribution >= 4 is 34.7 Å². The molecule has 0 spiro atoms. The monoisotopic (exact) mass is 435 g/mol. The molecule has 30 heavy (non-hydrogen) atoms. The molecule has 0 fully saturated rings. The van der Waals surface area contributed by atoms with Crippen molar-refractivity contribution in [2.45, 2.75) is 24.7 Å². The van der Waals surface area contributed by atoms with E-state index in [0.717, 1.165) is 17.7 Å². The highest BCUT2D eigenvalue weighted by Crippen LogP contribution is 2.21. The second-order valence-electron chi connectivity index (χ2n) is 6.60. The first-order chi connectivity index (χ1) is 14.8. The van der Waals surface area contributed by atoms with Crippen LogP contribution in [-0.2, 0) is 24.3 Å². The van der Waals surface area contributed by atoms with Crippen molar-refractivity contribution in [1.82, 2.24) is 20.2 Å². The molecule has 152 valence electrons. The Hall–Kier alpha value is -2.97. The number of rotatable bonds is 9. The van der Waals surface area contributed by atoms with Crippen molar-refractivity contribution in [3.8, 4) is 0 Å². The van der Waals surface area contributed by atoms with Crippen LogP contribution in [0, 0.1) is 0 Å². The quantitative estimate of drug-likeness (QED) is 0.367. The zero-order chi connectivity index (χ0) is 20.6. The summed E-state index contributed by atoms with van der Waals surface area (Å²) in [6.07, 6.45) is 0.869. The second-order valence-corrected chi connectivity index (χ2v) is 8.58. The number of amides is 1. The van der Waals surface area contributed by atoms with Crippen LogP contribution >= 0.6 is 23.1 Å². The van der Waals surface area contributed by atoms with Crippen LogP contribution in [0.15, 0.2) is 83.3 Å². The van der Waals surface area contributed by atoms with Gasteiger partial charge >= 0.3 is 0 Å². The summed E-state index contributed by atoms with van der Waals surface area (Å²) in [5, 5.41) is 14.7. The summed E-state index contributed by atoms with van der Waals surface area (Å²) in [7, 11) is 0. The highest BCUT2D eigenvalue weighted by Gasteiger charge is 2.18. The molecule has 1 amide bonds. The van der Waals surface area contributed by atoms with Gasteiger partial charge in [-0.2, -0.15) is 0 Å². The van der Waals surface area contributed by atoms with Crippen molar-refractivity contribution in [2.24, 2.45) is 0 Å². The van der Waals surface area contributed by atoms with Crippen LogP contribution in [0.3, 0.4) is 0 Å². The van der Waals surface area contributed by atoms with E-state index < -0.39 is 0 Å². The Kier molecular flexibility index (Phi) is 6.89. The second kappa shape index (κ2) is 10.2. The van der Waals surface area contributed by atoms with Crippen LogP contribution in [0.1, 0.15) is 10.4 Å². The van der Waals surface area contributed by atoms with Crippen LogP contribution in [0.2, 0.25) is 0 Å². The smallest absolute Gasteiger partial charge is 0.237 e. The van der Waals surface area contributed by atoms with Crippen molar-refractivity contribution in [3.05, 3.63) is 88.6 Å². The average molecular weight is 436 g/mol. The van der Waals surface area contributed by atoms with Gasteiger partial charge in [0, 0.05) is 17.0 Å². The van der Waals surface area contributed by atoms with Gasteiger partial charge in [0.15, 0.2) is 0 Å². The number of para-hydroxylation sites is 1. The van der Waals surface area contributed by atoms with Gasteiger partial charge in [0.2, 0.25) is 11.1 Å². The SMILES string of the molecule is O=C(CSc1nnnn1CCc1cccs1)N(Cc1ccccc1)c1ccccc1. The highest BCUT2D eigenvalue weighted by molar-refractivity contribution is 7.99. The number of aryl methyl sites for hydroxylation is 2. The maximum absolute atomic E-state index is 13.1. The van der Waals surface area contributed by atoms with Crippen molar-refractivity contribution in [2.75, 3.05) is 10.7 Å². The molecule has 0 unspecified atom stereocenters. The Bertz CT molecular complexity index is 1050. The maximum atomic E-state index is 13.1. The van der Waals surface area contributed by atoms with Crippen molar-refractivity contribution in [1.29, 1.82) is 0 Å². The number of anilines is 1. The number of hydrogen-bond acceptors (Lipinski definition) is 6. The molecule has 0 aliphatic rings. The summed E-state index contributed by atoms with van der Waals surface area (Å²) in [6.45, 7) is 1.21. The molecule has 0 saturated carbocycles. The summed E-state index contributed by atoms with van der Waals surface area (Å²) < 4.78 is 1.77. The number of hydrogen-bond donors (Lipinski definition) is 0. The molecule has 0 N–H and O–H groups in total. The Morgan fingerprint density at radius 1 is 1.00 bits per heavy atom. The third kappa shape index (κ3) is 5.34. The lowest BCUT2D eigenvalue weighted by atomic mass is 10.2. The minimum absolute atomic E-state index is 0.0165. The Morgan fingerprint density at radius 3 is 2.50 bits per heavy atom. The molecule has 4 aromatic rings. The predicted molar refractivity (Wildman–Crippen MR) is 121 cm³/mol. The van der Waals surface area contributed by atoms with Crippen LogP contribution in [0.25, 0.3) is 0 Å². The fourth-order valence-electron chi connectivity index (χ4n) is 3.01. The molecule has 4 rings (SSSR count). The molecule has 2 heterocycles. The molecule has 2 aromatic carbocycles. The van der Waals surface area contributed by atoms with Gasteiger partial charge in [0.25, 0.3) is 0 Å². The first kappa shape index (κ1) is 20.3. The molecule has 0 radical (unpaired) electrons. The van der Waals surface area contributed by atoms with Gasteiger partial charge in [-0.3, -0.25) is 4.79 Å². The standard InChI is InChI=1S/C22H21N5OS2/c28-21(17-30-22-23-24-25-27(22)14-13-20-12-7-15-29-20)26(19-10-5-2-6-11-19)16-18-8-3-1-4-9-18/h1-12,15H,13-14,16-17H2. The molecular formula is C22H21N5OS2. The first-order valence-electron chi connectivity index (χ1n) is 9.60. The van der Waals surface area contributed by atoms with Gasteiger partial charge in [-0.15, -0.1) is 16.4 Å². The largest absolute Gasteiger partial charge is 0.307 e. The van der Waals surface area contributed by atoms with E-state index in [-0.39, 0.29) is 11.7 Å². The minimum atomic E-state index is 0.0165. The zero-order valence-corrected chi connectivity index (χ0v) is 17.9. The van der Waals surface area contributed by atoms with Crippen LogP contribution in [0.5, 0.6) is 0 Å². The van der Waals surface area contributed by atoms with Gasteiger partial charge in [-0.25, -0.2) is 4.68 Å². The molecule has 8 heteroatoms. The lowest BCUT2D eigenvalue weighted by Crippen LogP contribution is -2.32. The van der Waals surface area contributed by atoms with Gasteiger partial charge in [-0.05, 0) is 39.6 Å². The number of thioether (sulfide) groups is 1. The fraction of sp³-hybridized carbons (Fsp3) is 0.182.